The van der Waals surface area contributed by atoms with Gasteiger partial charge in [-0.3, -0.25) is 9.59 Å². The summed E-state index contributed by atoms with van der Waals surface area (Å²) in [6, 6.07) is 12.8. The van der Waals surface area contributed by atoms with E-state index in [2.05, 4.69) is 10.6 Å². The van der Waals surface area contributed by atoms with Crippen LogP contribution in [0, 0.1) is 5.82 Å². The van der Waals surface area contributed by atoms with Gasteiger partial charge < -0.3 is 20.1 Å². The van der Waals surface area contributed by atoms with Crippen molar-refractivity contribution in [2.45, 2.75) is 6.10 Å². The molecule has 0 spiro atoms. The summed E-state index contributed by atoms with van der Waals surface area (Å²) in [6.45, 7) is 0.0560. The lowest BCUT2D eigenvalue weighted by atomic mass is 10.1. The molecule has 2 aromatic rings. The lowest BCUT2D eigenvalue weighted by Gasteiger charge is -2.18. The molecule has 0 bridgehead atoms. The third-order valence-electron chi connectivity index (χ3n) is 3.55. The average Bonchev–Trinajstić information content (AvgIpc) is 2.64. The Morgan fingerprint density at radius 2 is 1.72 bits per heavy atom. The number of para-hydroxylation sites is 2. The zero-order chi connectivity index (χ0) is 18.2. The van der Waals surface area contributed by atoms with Gasteiger partial charge in [-0.25, -0.2) is 4.39 Å². The molecule has 0 aromatic heterocycles. The average molecular weight is 346 g/mol. The van der Waals surface area contributed by atoms with Gasteiger partial charge in [-0.05, 0) is 18.2 Å². The standard InChI is InChI=1S/C18H19FN2O4/c1-24-15-10-6-3-7-12(15)16(25-2)11-20-17(22)18(23)21-14-9-5-4-8-13(14)19/h3-10,16H,11H2,1-2H3,(H,20,22)(H,21,23)/t16-/m0/s1. The molecule has 0 aliphatic carbocycles. The first-order valence-corrected chi connectivity index (χ1v) is 7.56. The molecule has 0 saturated carbocycles. The molecule has 0 radical (unpaired) electrons. The summed E-state index contributed by atoms with van der Waals surface area (Å²) in [4.78, 5) is 23.8. The molecule has 0 heterocycles. The van der Waals surface area contributed by atoms with Gasteiger partial charge >= 0.3 is 11.8 Å². The van der Waals surface area contributed by atoms with Gasteiger partial charge in [-0.1, -0.05) is 30.3 Å². The number of benzene rings is 2. The van der Waals surface area contributed by atoms with Gasteiger partial charge in [0.25, 0.3) is 0 Å². The summed E-state index contributed by atoms with van der Waals surface area (Å²) >= 11 is 0. The molecule has 0 aliphatic heterocycles. The second-order valence-electron chi connectivity index (χ2n) is 5.11. The third kappa shape index (κ3) is 4.77. The molecular formula is C18H19FN2O4. The molecule has 25 heavy (non-hydrogen) atoms. The van der Waals surface area contributed by atoms with Crippen LogP contribution in [0.25, 0.3) is 0 Å². The first kappa shape index (κ1) is 18.4. The number of halogens is 1. The molecule has 0 saturated heterocycles. The van der Waals surface area contributed by atoms with Crippen molar-refractivity contribution < 1.29 is 23.5 Å². The number of nitrogens with one attached hydrogen (secondary N) is 2. The van der Waals surface area contributed by atoms with Crippen molar-refractivity contribution in [2.24, 2.45) is 0 Å². The lowest BCUT2D eigenvalue weighted by Crippen LogP contribution is -2.38. The highest BCUT2D eigenvalue weighted by Crippen LogP contribution is 2.26. The minimum absolute atomic E-state index is 0.0560. The van der Waals surface area contributed by atoms with Crippen molar-refractivity contribution in [2.75, 3.05) is 26.1 Å². The molecule has 2 aromatic carbocycles. The van der Waals surface area contributed by atoms with Gasteiger partial charge in [0, 0.05) is 19.2 Å². The summed E-state index contributed by atoms with van der Waals surface area (Å²) < 4.78 is 24.1. The molecule has 1 atom stereocenters. The van der Waals surface area contributed by atoms with Crippen LogP contribution in [-0.4, -0.2) is 32.6 Å². The van der Waals surface area contributed by atoms with E-state index < -0.39 is 23.7 Å². The molecule has 2 rings (SSSR count). The van der Waals surface area contributed by atoms with E-state index in [0.717, 1.165) is 5.56 Å². The SMILES string of the molecule is COc1ccccc1[C@H](CNC(=O)C(=O)Nc1ccccc1F)OC. The predicted molar refractivity (Wildman–Crippen MR) is 90.8 cm³/mol. The highest BCUT2D eigenvalue weighted by atomic mass is 19.1. The van der Waals surface area contributed by atoms with Crippen LogP contribution < -0.4 is 15.4 Å². The van der Waals surface area contributed by atoms with Gasteiger partial charge in [0.05, 0.1) is 12.8 Å². The van der Waals surface area contributed by atoms with Crippen LogP contribution in [0.1, 0.15) is 11.7 Å². The van der Waals surface area contributed by atoms with E-state index in [9.17, 15) is 14.0 Å². The fourth-order valence-electron chi connectivity index (χ4n) is 2.26. The number of amides is 2. The molecule has 0 aliphatic rings. The monoisotopic (exact) mass is 346 g/mol. The zero-order valence-corrected chi connectivity index (χ0v) is 13.9. The van der Waals surface area contributed by atoms with Crippen LogP contribution >= 0.6 is 0 Å². The maximum absolute atomic E-state index is 13.5. The number of rotatable bonds is 6. The topological polar surface area (TPSA) is 76.7 Å². The number of ether oxygens (including phenoxy) is 2. The van der Waals surface area contributed by atoms with E-state index in [1.165, 1.54) is 32.4 Å². The van der Waals surface area contributed by atoms with Crippen LogP contribution in [0.4, 0.5) is 10.1 Å². The van der Waals surface area contributed by atoms with E-state index >= 15 is 0 Å². The predicted octanol–water partition coefficient (Wildman–Crippen LogP) is 2.28. The maximum atomic E-state index is 13.5. The Balaban J connectivity index is 1.98. The van der Waals surface area contributed by atoms with Crippen molar-refractivity contribution in [1.29, 1.82) is 0 Å². The Morgan fingerprint density at radius 1 is 1.04 bits per heavy atom. The fourth-order valence-corrected chi connectivity index (χ4v) is 2.26. The normalized spacial score (nSPS) is 11.5. The van der Waals surface area contributed by atoms with Gasteiger partial charge in [0.1, 0.15) is 17.7 Å². The molecule has 2 N–H and O–H groups in total. The van der Waals surface area contributed by atoms with Crippen LogP contribution in [0.15, 0.2) is 48.5 Å². The first-order chi connectivity index (χ1) is 12.1. The number of anilines is 1. The highest BCUT2D eigenvalue weighted by molar-refractivity contribution is 6.39. The largest absolute Gasteiger partial charge is 0.496 e. The number of carbonyl (C=O) groups excluding carboxylic acids is 2. The van der Waals surface area contributed by atoms with Crippen LogP contribution in [0.2, 0.25) is 0 Å². The third-order valence-corrected chi connectivity index (χ3v) is 3.55. The van der Waals surface area contributed by atoms with Crippen molar-refractivity contribution in [3.63, 3.8) is 0 Å². The molecule has 2 amide bonds. The Hall–Kier alpha value is -2.93. The maximum Gasteiger partial charge on any atom is 0.313 e. The van der Waals surface area contributed by atoms with Crippen molar-refractivity contribution in [3.05, 3.63) is 59.9 Å². The fraction of sp³-hybridized carbons (Fsp3) is 0.222. The van der Waals surface area contributed by atoms with E-state index in [1.807, 2.05) is 12.1 Å². The molecular weight excluding hydrogens is 327 g/mol. The molecule has 132 valence electrons. The van der Waals surface area contributed by atoms with Gasteiger partial charge in [-0.2, -0.15) is 0 Å². The molecule has 6 nitrogen and oxygen atoms in total. The summed E-state index contributed by atoms with van der Waals surface area (Å²) in [6.07, 6.45) is -0.499. The number of hydrogen-bond donors (Lipinski definition) is 2. The second-order valence-corrected chi connectivity index (χ2v) is 5.11. The van der Waals surface area contributed by atoms with Crippen LogP contribution in [0.5, 0.6) is 5.75 Å². The first-order valence-electron chi connectivity index (χ1n) is 7.56. The number of hydrogen-bond acceptors (Lipinski definition) is 4. The van der Waals surface area contributed by atoms with E-state index in [-0.39, 0.29) is 12.2 Å². The summed E-state index contributed by atoms with van der Waals surface area (Å²) in [5, 5.41) is 4.69. The minimum Gasteiger partial charge on any atom is -0.496 e. The van der Waals surface area contributed by atoms with E-state index in [4.69, 9.17) is 9.47 Å². The van der Waals surface area contributed by atoms with Crippen molar-refractivity contribution >= 4 is 17.5 Å². The number of carbonyl (C=O) groups is 2. The zero-order valence-electron chi connectivity index (χ0n) is 13.9. The van der Waals surface area contributed by atoms with Gasteiger partial charge in [0.2, 0.25) is 0 Å². The Morgan fingerprint density at radius 3 is 2.40 bits per heavy atom. The summed E-state index contributed by atoms with van der Waals surface area (Å²) in [5.74, 6) is -1.85. The molecule has 7 heteroatoms. The lowest BCUT2D eigenvalue weighted by molar-refractivity contribution is -0.136. The van der Waals surface area contributed by atoms with Crippen molar-refractivity contribution in [1.82, 2.24) is 5.32 Å². The molecule has 0 fully saturated rings. The van der Waals surface area contributed by atoms with E-state index in [1.54, 1.807) is 18.2 Å². The van der Waals surface area contributed by atoms with Gasteiger partial charge in [0.15, 0.2) is 0 Å². The van der Waals surface area contributed by atoms with Crippen molar-refractivity contribution in [3.8, 4) is 5.75 Å². The Bertz CT molecular complexity index is 751. The molecule has 0 unspecified atom stereocenters. The minimum atomic E-state index is -0.958. The van der Waals surface area contributed by atoms with E-state index in [0.29, 0.717) is 5.75 Å². The number of methoxy groups -OCH3 is 2. The van der Waals surface area contributed by atoms with Crippen LogP contribution in [-0.2, 0) is 14.3 Å². The summed E-state index contributed by atoms with van der Waals surface area (Å²) in [5.41, 5.74) is 0.679. The van der Waals surface area contributed by atoms with Gasteiger partial charge in [-0.15, -0.1) is 0 Å². The summed E-state index contributed by atoms with van der Waals surface area (Å²) in [7, 11) is 3.02. The quantitative estimate of drug-likeness (QED) is 0.787. The Kier molecular flexibility index (Phi) is 6.47. The highest BCUT2D eigenvalue weighted by Gasteiger charge is 2.20. The second kappa shape index (κ2) is 8.79. The van der Waals surface area contributed by atoms with Crippen LogP contribution in [0.3, 0.4) is 0 Å². The smallest absolute Gasteiger partial charge is 0.313 e. The Labute approximate surface area is 144 Å².